The molecule has 1 fully saturated rings. The molecule has 0 radical (unpaired) electrons. The summed E-state index contributed by atoms with van der Waals surface area (Å²) in [7, 11) is -2.04. The zero-order valence-electron chi connectivity index (χ0n) is 23.6. The second kappa shape index (κ2) is 12.8. The van der Waals surface area contributed by atoms with E-state index < -0.39 is 9.04 Å². The Morgan fingerprint density at radius 1 is 1.05 bits per heavy atom. The molecule has 39 heavy (non-hydrogen) atoms. The molecule has 9 heteroatoms. The van der Waals surface area contributed by atoms with Gasteiger partial charge in [0.15, 0.2) is 10.2 Å². The molecule has 208 valence electrons. The first-order valence-corrected chi connectivity index (χ1v) is 16.9. The average molecular weight is 582 g/mol. The molecule has 2 atom stereocenters. The Bertz CT molecular complexity index is 1200. The van der Waals surface area contributed by atoms with Crippen LogP contribution in [-0.4, -0.2) is 55.5 Å². The van der Waals surface area contributed by atoms with E-state index in [1.54, 1.807) is 6.92 Å². The molecule has 2 aromatic carbocycles. The molecule has 1 N–H and O–H groups in total. The van der Waals surface area contributed by atoms with E-state index in [0.29, 0.717) is 10.9 Å². The first-order chi connectivity index (χ1) is 18.5. The Morgan fingerprint density at radius 3 is 2.10 bits per heavy atom. The molecule has 3 aromatic rings. The van der Waals surface area contributed by atoms with Crippen LogP contribution in [0.1, 0.15) is 52.0 Å². The highest BCUT2D eigenvalue weighted by Gasteiger charge is 2.39. The molecule has 2 heterocycles. The van der Waals surface area contributed by atoms with Crippen molar-refractivity contribution in [1.29, 1.82) is 0 Å². The van der Waals surface area contributed by atoms with Crippen molar-refractivity contribution in [2.45, 2.75) is 58.9 Å². The van der Waals surface area contributed by atoms with E-state index in [1.165, 1.54) is 33.5 Å². The topological polar surface area (TPSA) is 71.5 Å². The Kier molecular flexibility index (Phi) is 9.69. The van der Waals surface area contributed by atoms with Crippen molar-refractivity contribution in [3.63, 3.8) is 0 Å². The van der Waals surface area contributed by atoms with Gasteiger partial charge in [0.2, 0.25) is 9.04 Å². The summed E-state index contributed by atoms with van der Waals surface area (Å²) >= 11 is 2.85. The van der Waals surface area contributed by atoms with E-state index in [1.807, 2.05) is 17.5 Å². The predicted molar refractivity (Wildman–Crippen MR) is 166 cm³/mol. The number of nitrogens with one attached hydrogen (secondary N) is 1. The summed E-state index contributed by atoms with van der Waals surface area (Å²) in [6.45, 7) is 14.0. The second-order valence-corrected chi connectivity index (χ2v) is 16.2. The van der Waals surface area contributed by atoms with Crippen LogP contribution in [0.5, 0.6) is 0 Å². The Labute approximate surface area is 242 Å². The predicted octanol–water partition coefficient (Wildman–Crippen LogP) is 4.34. The van der Waals surface area contributed by atoms with Crippen LogP contribution in [0.4, 0.5) is 5.13 Å². The molecule has 1 aromatic heterocycles. The Morgan fingerprint density at radius 2 is 1.62 bits per heavy atom. The summed E-state index contributed by atoms with van der Waals surface area (Å²) in [5.41, 5.74) is 0.210. The second-order valence-electron chi connectivity index (χ2n) is 11.5. The van der Waals surface area contributed by atoms with Gasteiger partial charge < -0.3 is 14.6 Å². The summed E-state index contributed by atoms with van der Waals surface area (Å²) in [5, 5.41) is 8.82. The van der Waals surface area contributed by atoms with Gasteiger partial charge in [0, 0.05) is 30.6 Å². The molecule has 4 rings (SSSR count). The lowest BCUT2D eigenvalue weighted by atomic mass is 9.81. The fourth-order valence-electron chi connectivity index (χ4n) is 4.81. The number of anilines is 1. The maximum absolute atomic E-state index is 13.5. The number of benzene rings is 2. The average Bonchev–Trinajstić information content (AvgIpc) is 3.35. The van der Waals surface area contributed by atoms with Crippen molar-refractivity contribution in [1.82, 2.24) is 10.3 Å². The smallest absolute Gasteiger partial charge is 0.271 e. The number of rotatable bonds is 10. The zero-order chi connectivity index (χ0) is 28.2. The standard InChI is InChI=1S/C30H39N3O3S2Si/c1-20(2)26(32-28(35)25-19-37-29(31-25)33-17-22(18-33)38-21(3)34)27(30(4,5)6)36-39(23-13-9-7-10-14-23)24-15-11-8-12-16-24/h7-16,19-20,22,26-27,39H,17-18H2,1-6H3,(H,32,35)/t26-,27?/m0/s1. The molecule has 1 unspecified atom stereocenters. The van der Waals surface area contributed by atoms with Crippen molar-refractivity contribution in [3.8, 4) is 0 Å². The maximum atomic E-state index is 13.5. The highest BCUT2D eigenvalue weighted by molar-refractivity contribution is 8.14. The molecule has 0 saturated carbocycles. The minimum absolute atomic E-state index is 0.138. The van der Waals surface area contributed by atoms with Gasteiger partial charge in [0.25, 0.3) is 5.91 Å². The van der Waals surface area contributed by atoms with Crippen LogP contribution in [0.3, 0.4) is 0 Å². The molecule has 6 nitrogen and oxygen atoms in total. The number of nitrogens with zero attached hydrogens (tertiary/aromatic N) is 2. The molecule has 1 aliphatic rings. The Balaban J connectivity index is 1.53. The third-order valence-electron chi connectivity index (χ3n) is 6.86. The van der Waals surface area contributed by atoms with Gasteiger partial charge >= 0.3 is 0 Å². The first-order valence-electron chi connectivity index (χ1n) is 13.5. The number of aromatic nitrogens is 1. The fourth-order valence-corrected chi connectivity index (χ4v) is 9.33. The van der Waals surface area contributed by atoms with Crippen LogP contribution in [-0.2, 0) is 9.22 Å². The lowest BCUT2D eigenvalue weighted by molar-refractivity contribution is -0.109. The molecule has 1 saturated heterocycles. The molecule has 0 aliphatic carbocycles. The number of amides is 1. The summed E-state index contributed by atoms with van der Waals surface area (Å²) < 4.78 is 7.13. The lowest BCUT2D eigenvalue weighted by Crippen LogP contribution is -2.58. The Hall–Kier alpha value is -2.46. The number of carbonyl (C=O) groups excluding carboxylic acids is 2. The minimum Gasteiger partial charge on any atom is -0.405 e. The molecule has 1 amide bonds. The quantitative estimate of drug-likeness (QED) is 0.360. The van der Waals surface area contributed by atoms with Crippen LogP contribution in [0.2, 0.25) is 0 Å². The van der Waals surface area contributed by atoms with Crippen molar-refractivity contribution in [3.05, 3.63) is 71.7 Å². The zero-order valence-corrected chi connectivity index (χ0v) is 26.4. The van der Waals surface area contributed by atoms with Crippen LogP contribution < -0.4 is 20.6 Å². The third kappa shape index (κ3) is 7.60. The van der Waals surface area contributed by atoms with Crippen LogP contribution >= 0.6 is 23.1 Å². The molecule has 1 aliphatic heterocycles. The van der Waals surface area contributed by atoms with Crippen molar-refractivity contribution in [2.24, 2.45) is 11.3 Å². The van der Waals surface area contributed by atoms with Gasteiger partial charge in [-0.2, -0.15) is 0 Å². The maximum Gasteiger partial charge on any atom is 0.271 e. The summed E-state index contributed by atoms with van der Waals surface area (Å²) in [4.78, 5) is 31.6. The van der Waals surface area contributed by atoms with E-state index in [4.69, 9.17) is 4.43 Å². The normalized spacial score (nSPS) is 15.7. The molecule has 0 spiro atoms. The number of hydrogen-bond acceptors (Lipinski definition) is 7. The van der Waals surface area contributed by atoms with Crippen LogP contribution in [0.25, 0.3) is 0 Å². The van der Waals surface area contributed by atoms with E-state index in [9.17, 15) is 9.59 Å². The lowest BCUT2D eigenvalue weighted by Gasteiger charge is -2.41. The van der Waals surface area contributed by atoms with Gasteiger partial charge in [-0.05, 0) is 21.7 Å². The largest absolute Gasteiger partial charge is 0.405 e. The van der Waals surface area contributed by atoms with Gasteiger partial charge in [0.05, 0.1) is 12.1 Å². The highest BCUT2D eigenvalue weighted by Crippen LogP contribution is 2.32. The molecular formula is C30H39N3O3S2Si. The number of thiazole rings is 1. The van der Waals surface area contributed by atoms with E-state index in [-0.39, 0.29) is 34.5 Å². The van der Waals surface area contributed by atoms with Gasteiger partial charge in [-0.3, -0.25) is 9.59 Å². The van der Waals surface area contributed by atoms with Gasteiger partial charge in [-0.25, -0.2) is 4.98 Å². The number of carbonyl (C=O) groups is 2. The first kappa shape index (κ1) is 29.5. The van der Waals surface area contributed by atoms with E-state index in [0.717, 1.165) is 18.2 Å². The molecule has 0 bridgehead atoms. The number of hydrogen-bond donors (Lipinski definition) is 1. The number of thioether (sulfide) groups is 1. The van der Waals surface area contributed by atoms with Crippen molar-refractivity contribution < 1.29 is 14.0 Å². The van der Waals surface area contributed by atoms with Crippen molar-refractivity contribution in [2.75, 3.05) is 18.0 Å². The minimum atomic E-state index is -2.04. The van der Waals surface area contributed by atoms with Gasteiger partial charge in [-0.15, -0.1) is 11.3 Å². The molecular weight excluding hydrogens is 543 g/mol. The van der Waals surface area contributed by atoms with Crippen molar-refractivity contribution >= 4 is 58.7 Å². The van der Waals surface area contributed by atoms with Crippen LogP contribution in [0.15, 0.2) is 66.0 Å². The van der Waals surface area contributed by atoms with Gasteiger partial charge in [-0.1, -0.05) is 107 Å². The monoisotopic (exact) mass is 581 g/mol. The SMILES string of the molecule is CC(=O)SC1CN(c2nc(C(=O)N[C@@H](C(C)C)C(O[SiH](c3ccccc3)c3ccccc3)C(C)(C)C)cs2)C1. The van der Waals surface area contributed by atoms with Crippen LogP contribution in [0, 0.1) is 11.3 Å². The van der Waals surface area contributed by atoms with E-state index in [2.05, 4.69) is 98.4 Å². The van der Waals surface area contributed by atoms with Gasteiger partial charge in [0.1, 0.15) is 5.69 Å². The summed E-state index contributed by atoms with van der Waals surface area (Å²) in [5.74, 6) is -0.0286. The van der Waals surface area contributed by atoms with E-state index >= 15 is 0 Å². The fraction of sp³-hybridized carbons (Fsp3) is 0.433. The summed E-state index contributed by atoms with van der Waals surface area (Å²) in [6.07, 6.45) is -0.212. The third-order valence-corrected chi connectivity index (χ3v) is 11.3. The highest BCUT2D eigenvalue weighted by atomic mass is 32.2. The summed E-state index contributed by atoms with van der Waals surface area (Å²) in [6, 6.07) is 20.7.